The highest BCUT2D eigenvalue weighted by Crippen LogP contribution is 2.24. The summed E-state index contributed by atoms with van der Waals surface area (Å²) in [4.78, 5) is 4.33. The molecule has 17 heavy (non-hydrogen) atoms. The van der Waals surface area contributed by atoms with Crippen molar-refractivity contribution in [3.05, 3.63) is 66.6 Å². The molecule has 1 heterocycles. The quantitative estimate of drug-likeness (QED) is 0.606. The van der Waals surface area contributed by atoms with Crippen LogP contribution in [0.2, 0.25) is 0 Å². The van der Waals surface area contributed by atoms with Gasteiger partial charge in [0.15, 0.2) is 0 Å². The number of benzene rings is 2. The smallest absolute Gasteiger partial charge is 0.131 e. The molecule has 3 rings (SSSR count). The molecule has 0 aliphatic carbocycles. The zero-order valence-electron chi connectivity index (χ0n) is 9.10. The summed E-state index contributed by atoms with van der Waals surface area (Å²) < 4.78 is 13.6. The Kier molecular flexibility index (Phi) is 2.33. The van der Waals surface area contributed by atoms with Crippen molar-refractivity contribution < 1.29 is 4.39 Å². The molecule has 1 nitrogen and oxygen atoms in total. The topological polar surface area (TPSA) is 12.9 Å². The molecule has 0 N–H and O–H groups in total. The summed E-state index contributed by atoms with van der Waals surface area (Å²) in [5.41, 5.74) is 2.32. The third-order valence-electron chi connectivity index (χ3n) is 2.78. The number of hydrogen-bond acceptors (Lipinski definition) is 1. The van der Waals surface area contributed by atoms with Gasteiger partial charge in [0.1, 0.15) is 5.82 Å². The van der Waals surface area contributed by atoms with Crippen molar-refractivity contribution in [1.29, 1.82) is 0 Å². The fraction of sp³-hybridized carbons (Fsp3) is 0. The van der Waals surface area contributed by atoms with Crippen LogP contribution in [0.5, 0.6) is 0 Å². The Morgan fingerprint density at radius 3 is 2.53 bits per heavy atom. The molecule has 3 aromatic rings. The van der Waals surface area contributed by atoms with Crippen LogP contribution in [0.25, 0.3) is 22.0 Å². The minimum Gasteiger partial charge on any atom is -0.256 e. The molecule has 0 bridgehead atoms. The highest BCUT2D eigenvalue weighted by atomic mass is 19.1. The highest BCUT2D eigenvalue weighted by Gasteiger charge is 2.04. The number of fused-ring (bicyclic) bond motifs is 1. The maximum Gasteiger partial charge on any atom is 0.131 e. The van der Waals surface area contributed by atoms with Gasteiger partial charge in [-0.15, -0.1) is 0 Å². The van der Waals surface area contributed by atoms with Gasteiger partial charge in [0, 0.05) is 22.7 Å². The number of nitrogens with zero attached hydrogens (tertiary/aromatic N) is 1. The lowest BCUT2D eigenvalue weighted by Crippen LogP contribution is -1.86. The summed E-state index contributed by atoms with van der Waals surface area (Å²) in [7, 11) is 0. The molecule has 1 aromatic heterocycles. The largest absolute Gasteiger partial charge is 0.256 e. The molecule has 0 saturated carbocycles. The first-order valence-electron chi connectivity index (χ1n) is 5.44. The van der Waals surface area contributed by atoms with Crippen molar-refractivity contribution in [2.75, 3.05) is 0 Å². The van der Waals surface area contributed by atoms with E-state index in [2.05, 4.69) is 4.98 Å². The van der Waals surface area contributed by atoms with Gasteiger partial charge in [-0.1, -0.05) is 36.4 Å². The zero-order valence-corrected chi connectivity index (χ0v) is 9.10. The predicted octanol–water partition coefficient (Wildman–Crippen LogP) is 4.04. The van der Waals surface area contributed by atoms with Crippen molar-refractivity contribution in [3.63, 3.8) is 0 Å². The maximum absolute atomic E-state index is 13.6. The van der Waals surface area contributed by atoms with Crippen LogP contribution >= 0.6 is 0 Å². The van der Waals surface area contributed by atoms with E-state index < -0.39 is 0 Å². The summed E-state index contributed by atoms with van der Waals surface area (Å²) in [6.45, 7) is 0. The third-order valence-corrected chi connectivity index (χ3v) is 2.78. The minimum absolute atomic E-state index is 0.218. The van der Waals surface area contributed by atoms with Crippen molar-refractivity contribution in [1.82, 2.24) is 4.98 Å². The van der Waals surface area contributed by atoms with Gasteiger partial charge < -0.3 is 0 Å². The molecule has 0 spiro atoms. The van der Waals surface area contributed by atoms with Gasteiger partial charge in [-0.25, -0.2) is 4.39 Å². The number of aromatic nitrogens is 1. The van der Waals surface area contributed by atoms with Gasteiger partial charge in [0.05, 0.1) is 5.52 Å². The van der Waals surface area contributed by atoms with Crippen LogP contribution in [0.15, 0.2) is 60.8 Å². The monoisotopic (exact) mass is 223 g/mol. The van der Waals surface area contributed by atoms with Gasteiger partial charge in [0.2, 0.25) is 0 Å². The molecule has 2 aromatic carbocycles. The Labute approximate surface area is 98.6 Å². The fourth-order valence-electron chi connectivity index (χ4n) is 1.91. The van der Waals surface area contributed by atoms with E-state index in [1.54, 1.807) is 18.3 Å². The van der Waals surface area contributed by atoms with Crippen LogP contribution in [-0.4, -0.2) is 4.98 Å². The summed E-state index contributed by atoms with van der Waals surface area (Å²) in [6, 6.07) is 16.5. The summed E-state index contributed by atoms with van der Waals surface area (Å²) in [5, 5.41) is 1.02. The van der Waals surface area contributed by atoms with Gasteiger partial charge >= 0.3 is 0 Å². The Morgan fingerprint density at radius 2 is 1.65 bits per heavy atom. The van der Waals surface area contributed by atoms with E-state index in [4.69, 9.17) is 0 Å². The first-order chi connectivity index (χ1) is 8.34. The zero-order chi connectivity index (χ0) is 11.7. The molecule has 2 heteroatoms. The van der Waals surface area contributed by atoms with E-state index in [1.807, 2.05) is 36.4 Å². The SMILES string of the molecule is Fc1ccccc1-c1cnc2ccccc2c1. The summed E-state index contributed by atoms with van der Waals surface area (Å²) >= 11 is 0. The van der Waals surface area contributed by atoms with Gasteiger partial charge in [-0.3, -0.25) is 4.98 Å². The number of para-hydroxylation sites is 1. The highest BCUT2D eigenvalue weighted by molar-refractivity contribution is 5.83. The van der Waals surface area contributed by atoms with Crippen LogP contribution in [0, 0.1) is 5.82 Å². The van der Waals surface area contributed by atoms with Gasteiger partial charge in [0.25, 0.3) is 0 Å². The minimum atomic E-state index is -0.218. The summed E-state index contributed by atoms with van der Waals surface area (Å²) in [6.07, 6.45) is 1.71. The van der Waals surface area contributed by atoms with Crippen molar-refractivity contribution >= 4 is 10.9 Å². The maximum atomic E-state index is 13.6. The van der Waals surface area contributed by atoms with E-state index in [1.165, 1.54) is 6.07 Å². The van der Waals surface area contributed by atoms with Crippen molar-refractivity contribution in [2.45, 2.75) is 0 Å². The van der Waals surface area contributed by atoms with E-state index in [9.17, 15) is 4.39 Å². The van der Waals surface area contributed by atoms with Crippen LogP contribution < -0.4 is 0 Å². The number of hydrogen-bond donors (Lipinski definition) is 0. The average Bonchev–Trinajstić information content (AvgIpc) is 2.39. The molecular formula is C15H10FN. The van der Waals surface area contributed by atoms with Crippen LogP contribution in [0.3, 0.4) is 0 Å². The van der Waals surface area contributed by atoms with E-state index >= 15 is 0 Å². The number of rotatable bonds is 1. The Balaban J connectivity index is 2.22. The van der Waals surface area contributed by atoms with Gasteiger partial charge in [-0.05, 0) is 18.2 Å². The molecule has 0 unspecified atom stereocenters. The average molecular weight is 223 g/mol. The molecular weight excluding hydrogens is 213 g/mol. The van der Waals surface area contributed by atoms with Crippen LogP contribution in [-0.2, 0) is 0 Å². The first-order valence-corrected chi connectivity index (χ1v) is 5.44. The lowest BCUT2D eigenvalue weighted by atomic mass is 10.1. The molecule has 82 valence electrons. The molecule has 0 fully saturated rings. The Morgan fingerprint density at radius 1 is 0.882 bits per heavy atom. The molecule has 0 amide bonds. The Bertz CT molecular complexity index is 676. The Hall–Kier alpha value is -2.22. The second-order valence-electron chi connectivity index (χ2n) is 3.90. The van der Waals surface area contributed by atoms with Crippen LogP contribution in [0.4, 0.5) is 4.39 Å². The lowest BCUT2D eigenvalue weighted by Gasteiger charge is -2.04. The molecule has 0 saturated heterocycles. The van der Waals surface area contributed by atoms with Crippen LogP contribution in [0.1, 0.15) is 0 Å². The van der Waals surface area contributed by atoms with Gasteiger partial charge in [-0.2, -0.15) is 0 Å². The number of pyridine rings is 1. The van der Waals surface area contributed by atoms with Crippen molar-refractivity contribution in [3.8, 4) is 11.1 Å². The molecule has 0 atom stereocenters. The predicted molar refractivity (Wildman–Crippen MR) is 67.1 cm³/mol. The molecule has 0 aliphatic rings. The first kappa shape index (κ1) is 9.97. The van der Waals surface area contributed by atoms with E-state index in [-0.39, 0.29) is 5.82 Å². The van der Waals surface area contributed by atoms with Crippen molar-refractivity contribution in [2.24, 2.45) is 0 Å². The normalized spacial score (nSPS) is 10.6. The van der Waals surface area contributed by atoms with E-state index in [0.717, 1.165) is 16.5 Å². The lowest BCUT2D eigenvalue weighted by molar-refractivity contribution is 0.631. The fourth-order valence-corrected chi connectivity index (χ4v) is 1.91. The molecule has 0 aliphatic heterocycles. The second kappa shape index (κ2) is 3.98. The van der Waals surface area contributed by atoms with E-state index in [0.29, 0.717) is 5.56 Å². The third kappa shape index (κ3) is 1.78. The number of halogens is 1. The standard InChI is InChI=1S/C15H10FN/c16-14-7-3-2-6-13(14)12-9-11-5-1-4-8-15(11)17-10-12/h1-10H. The molecule has 0 radical (unpaired) electrons. The second-order valence-corrected chi connectivity index (χ2v) is 3.90. The summed E-state index contributed by atoms with van der Waals surface area (Å²) in [5.74, 6) is -0.218.